The first-order chi connectivity index (χ1) is 13.8. The maximum absolute atomic E-state index is 13.3. The van der Waals surface area contributed by atoms with Gasteiger partial charge in [-0.2, -0.15) is 5.10 Å². The minimum absolute atomic E-state index is 0.282. The van der Waals surface area contributed by atoms with Gasteiger partial charge in [0.15, 0.2) is 5.58 Å². The highest BCUT2D eigenvalue weighted by molar-refractivity contribution is 5.80. The summed E-state index contributed by atoms with van der Waals surface area (Å²) in [7, 11) is 0. The van der Waals surface area contributed by atoms with E-state index in [0.29, 0.717) is 11.5 Å². The molecule has 28 heavy (non-hydrogen) atoms. The first kappa shape index (κ1) is 17.4. The Morgan fingerprint density at radius 2 is 1.93 bits per heavy atom. The van der Waals surface area contributed by atoms with E-state index in [2.05, 4.69) is 38.0 Å². The van der Waals surface area contributed by atoms with Crippen molar-refractivity contribution in [2.45, 2.75) is 31.7 Å². The van der Waals surface area contributed by atoms with Crippen LogP contribution in [-0.2, 0) is 6.54 Å². The molecule has 2 aromatic carbocycles. The van der Waals surface area contributed by atoms with Gasteiger partial charge in [-0.05, 0) is 57.1 Å². The Balaban J connectivity index is 1.16. The van der Waals surface area contributed by atoms with Gasteiger partial charge in [0, 0.05) is 29.3 Å². The lowest BCUT2D eigenvalue weighted by Crippen LogP contribution is -2.34. The third-order valence-electron chi connectivity index (χ3n) is 5.83. The van der Waals surface area contributed by atoms with Crippen molar-refractivity contribution in [2.24, 2.45) is 0 Å². The lowest BCUT2D eigenvalue weighted by molar-refractivity contribution is 0.204. The van der Waals surface area contributed by atoms with E-state index >= 15 is 0 Å². The number of fused-ring (bicyclic) bond motifs is 2. The predicted octanol–water partition coefficient (Wildman–Crippen LogP) is 4.59. The number of benzene rings is 2. The lowest BCUT2D eigenvalue weighted by atomic mass is 9.91. The summed E-state index contributed by atoms with van der Waals surface area (Å²) in [4.78, 5) is 2.52. The fourth-order valence-corrected chi connectivity index (χ4v) is 4.30. The van der Waals surface area contributed by atoms with Crippen molar-refractivity contribution in [1.82, 2.24) is 19.8 Å². The van der Waals surface area contributed by atoms with E-state index in [1.54, 1.807) is 6.07 Å². The van der Waals surface area contributed by atoms with E-state index in [0.717, 1.165) is 56.5 Å². The highest BCUT2D eigenvalue weighted by Crippen LogP contribution is 2.32. The SMILES string of the molecule is Fc1ccc2c(C3CCN(CCCn4ncc5ccccc54)CC3)noc2c1. The van der Waals surface area contributed by atoms with Crippen molar-refractivity contribution in [3.8, 4) is 0 Å². The van der Waals surface area contributed by atoms with Crippen molar-refractivity contribution in [3.63, 3.8) is 0 Å². The van der Waals surface area contributed by atoms with E-state index < -0.39 is 0 Å². The van der Waals surface area contributed by atoms with E-state index in [9.17, 15) is 4.39 Å². The first-order valence-corrected chi connectivity index (χ1v) is 9.96. The number of para-hydroxylation sites is 1. The second kappa shape index (κ2) is 7.36. The van der Waals surface area contributed by atoms with Gasteiger partial charge in [-0.3, -0.25) is 4.68 Å². The molecule has 0 aliphatic carbocycles. The highest BCUT2D eigenvalue weighted by Gasteiger charge is 2.25. The van der Waals surface area contributed by atoms with Crippen LogP contribution in [0, 0.1) is 5.82 Å². The zero-order valence-electron chi connectivity index (χ0n) is 15.7. The number of halogens is 1. The number of nitrogens with zero attached hydrogens (tertiary/aromatic N) is 4. The first-order valence-electron chi connectivity index (χ1n) is 9.96. The van der Waals surface area contributed by atoms with Crippen LogP contribution in [0.5, 0.6) is 0 Å². The third-order valence-corrected chi connectivity index (χ3v) is 5.83. The van der Waals surface area contributed by atoms with Crippen molar-refractivity contribution >= 4 is 21.9 Å². The fourth-order valence-electron chi connectivity index (χ4n) is 4.30. The number of hydrogen-bond acceptors (Lipinski definition) is 4. The van der Waals surface area contributed by atoms with E-state index in [-0.39, 0.29) is 5.82 Å². The van der Waals surface area contributed by atoms with E-state index in [1.807, 2.05) is 12.3 Å². The average molecular weight is 378 g/mol. The van der Waals surface area contributed by atoms with Crippen LogP contribution < -0.4 is 0 Å². The number of likely N-dealkylation sites (tertiary alicyclic amines) is 1. The van der Waals surface area contributed by atoms with Crippen molar-refractivity contribution in [2.75, 3.05) is 19.6 Å². The molecule has 144 valence electrons. The molecule has 0 spiro atoms. The van der Waals surface area contributed by atoms with Crippen LogP contribution in [0.2, 0.25) is 0 Å². The second-order valence-electron chi connectivity index (χ2n) is 7.60. The van der Waals surface area contributed by atoms with Gasteiger partial charge < -0.3 is 9.42 Å². The van der Waals surface area contributed by atoms with Gasteiger partial charge >= 0.3 is 0 Å². The maximum Gasteiger partial charge on any atom is 0.170 e. The molecule has 0 radical (unpaired) electrons. The van der Waals surface area contributed by atoms with Crippen LogP contribution >= 0.6 is 0 Å². The maximum atomic E-state index is 13.3. The van der Waals surface area contributed by atoms with Crippen LogP contribution in [0.3, 0.4) is 0 Å². The molecule has 5 nitrogen and oxygen atoms in total. The summed E-state index contributed by atoms with van der Waals surface area (Å²) in [5.74, 6) is 0.105. The molecule has 1 aliphatic heterocycles. The Hall–Kier alpha value is -2.73. The smallest absolute Gasteiger partial charge is 0.170 e. The number of aromatic nitrogens is 3. The molecular weight excluding hydrogens is 355 g/mol. The normalized spacial score (nSPS) is 16.3. The molecule has 0 amide bonds. The van der Waals surface area contributed by atoms with Gasteiger partial charge in [-0.15, -0.1) is 0 Å². The molecule has 2 aromatic heterocycles. The molecule has 5 rings (SSSR count). The minimum Gasteiger partial charge on any atom is -0.356 e. The molecule has 0 unspecified atom stereocenters. The summed E-state index contributed by atoms with van der Waals surface area (Å²) in [6.07, 6.45) is 5.14. The summed E-state index contributed by atoms with van der Waals surface area (Å²) >= 11 is 0. The van der Waals surface area contributed by atoms with Gasteiger partial charge in [0.25, 0.3) is 0 Å². The molecule has 4 aromatic rings. The zero-order valence-corrected chi connectivity index (χ0v) is 15.7. The number of hydrogen-bond donors (Lipinski definition) is 0. The number of rotatable bonds is 5. The Morgan fingerprint density at radius 3 is 2.82 bits per heavy atom. The van der Waals surface area contributed by atoms with Crippen molar-refractivity contribution in [3.05, 3.63) is 60.2 Å². The molecule has 0 N–H and O–H groups in total. The molecule has 1 fully saturated rings. The minimum atomic E-state index is -0.282. The number of aryl methyl sites for hydroxylation is 1. The van der Waals surface area contributed by atoms with Gasteiger partial charge in [0.05, 0.1) is 17.4 Å². The largest absolute Gasteiger partial charge is 0.356 e. The summed E-state index contributed by atoms with van der Waals surface area (Å²) in [5.41, 5.74) is 2.73. The Labute approximate surface area is 162 Å². The summed E-state index contributed by atoms with van der Waals surface area (Å²) < 4.78 is 20.8. The molecule has 1 saturated heterocycles. The fraction of sp³-hybridized carbons (Fsp3) is 0.364. The Morgan fingerprint density at radius 1 is 1.07 bits per heavy atom. The van der Waals surface area contributed by atoms with Crippen molar-refractivity contribution in [1.29, 1.82) is 0 Å². The van der Waals surface area contributed by atoms with Gasteiger partial charge in [-0.25, -0.2) is 4.39 Å². The third kappa shape index (κ3) is 3.29. The quantitative estimate of drug-likeness (QED) is 0.510. The zero-order chi connectivity index (χ0) is 18.9. The number of piperidine rings is 1. The molecule has 6 heteroatoms. The monoisotopic (exact) mass is 378 g/mol. The molecule has 0 saturated carbocycles. The summed E-state index contributed by atoms with van der Waals surface area (Å²) in [6.45, 7) is 4.12. The van der Waals surface area contributed by atoms with Crippen LogP contribution in [0.1, 0.15) is 30.9 Å². The second-order valence-corrected chi connectivity index (χ2v) is 7.60. The average Bonchev–Trinajstić information content (AvgIpc) is 3.33. The van der Waals surface area contributed by atoms with Crippen LogP contribution in [-0.4, -0.2) is 39.5 Å². The molecule has 0 bridgehead atoms. The standard InChI is InChI=1S/C22H23FN4O/c23-18-6-7-19-21(14-18)28-25-22(19)16-8-12-26(13-9-16)10-3-11-27-20-5-2-1-4-17(20)15-24-27/h1-2,4-7,14-16H,3,8-13H2. The van der Waals surface area contributed by atoms with E-state index in [4.69, 9.17) is 4.52 Å². The van der Waals surface area contributed by atoms with Gasteiger partial charge in [0.1, 0.15) is 5.82 Å². The Bertz CT molecular complexity index is 1090. The van der Waals surface area contributed by atoms with Crippen molar-refractivity contribution < 1.29 is 8.91 Å². The van der Waals surface area contributed by atoms with Gasteiger partial charge in [-0.1, -0.05) is 23.4 Å². The molecule has 0 atom stereocenters. The topological polar surface area (TPSA) is 47.1 Å². The molecule has 1 aliphatic rings. The summed E-state index contributed by atoms with van der Waals surface area (Å²) in [5, 5.41) is 10.9. The van der Waals surface area contributed by atoms with E-state index in [1.165, 1.54) is 23.0 Å². The molecule has 3 heterocycles. The summed E-state index contributed by atoms with van der Waals surface area (Å²) in [6, 6.07) is 13.0. The van der Waals surface area contributed by atoms with Crippen LogP contribution in [0.4, 0.5) is 4.39 Å². The van der Waals surface area contributed by atoms with Gasteiger partial charge in [0.2, 0.25) is 0 Å². The lowest BCUT2D eigenvalue weighted by Gasteiger charge is -2.31. The molecular formula is C22H23FN4O. The van der Waals surface area contributed by atoms with Crippen LogP contribution in [0.15, 0.2) is 53.2 Å². The highest BCUT2D eigenvalue weighted by atomic mass is 19.1. The predicted molar refractivity (Wildman–Crippen MR) is 107 cm³/mol. The van der Waals surface area contributed by atoms with Crippen LogP contribution in [0.25, 0.3) is 21.9 Å². The Kier molecular flexibility index (Phi) is 4.56.